The maximum Gasteiger partial charge on any atom is 0.408 e. The van der Waals surface area contributed by atoms with Gasteiger partial charge in [-0.3, -0.25) is 19.2 Å². The Bertz CT molecular complexity index is 960. The first-order valence-electron chi connectivity index (χ1n) is 13.2. The molecule has 1 heterocycles. The van der Waals surface area contributed by atoms with E-state index >= 15 is 0 Å². The number of Topliss-reactive ketones (excluding diaryl/α,β-unsaturated/α-hetero) is 1. The Hall–Kier alpha value is -2.79. The summed E-state index contributed by atoms with van der Waals surface area (Å²) >= 11 is 0. The number of halogens is 2. The van der Waals surface area contributed by atoms with Crippen LogP contribution in [0, 0.1) is 28.6 Å². The molecule has 0 bridgehead atoms. The van der Waals surface area contributed by atoms with Gasteiger partial charge in [0.1, 0.15) is 25.4 Å². The third-order valence-corrected chi connectivity index (χ3v) is 8.42. The molecule has 3 fully saturated rings. The lowest BCUT2D eigenvalue weighted by Crippen LogP contribution is -2.60. The molecular formula is C26H40F2N4O6. The molecule has 1 aliphatic heterocycles. The summed E-state index contributed by atoms with van der Waals surface area (Å²) in [6, 6.07) is -3.17. The number of carbonyl (C=O) groups excluding carboxylic acids is 5. The zero-order valence-electron chi connectivity index (χ0n) is 22.7. The lowest BCUT2D eigenvalue weighted by Gasteiger charge is -2.38. The molecule has 4 N–H and O–H groups in total. The van der Waals surface area contributed by atoms with Crippen molar-refractivity contribution in [1.29, 1.82) is 0 Å². The molecule has 1 saturated heterocycles. The summed E-state index contributed by atoms with van der Waals surface area (Å²) in [6.45, 7) is 6.93. The number of ether oxygens (including phenoxy) is 1. The Morgan fingerprint density at radius 1 is 1.08 bits per heavy atom. The first-order chi connectivity index (χ1) is 17.6. The average molecular weight is 543 g/mol. The molecule has 10 nitrogen and oxygen atoms in total. The van der Waals surface area contributed by atoms with Crippen LogP contribution in [0.4, 0.5) is 13.6 Å². The van der Waals surface area contributed by atoms with E-state index in [0.717, 1.165) is 19.3 Å². The SMILES string of the molecule is CC(C)(C)[C@H](NC(=O)OC(CF)CF)C(=O)N1C[C@H]2[C@@H]([C@H]1C(=O)NC(CC1CCC1)C(=O)C(N)=O)C2(C)C. The lowest BCUT2D eigenvalue weighted by atomic mass is 9.80. The number of likely N-dealkylation sites (tertiary alicyclic amines) is 1. The number of alkyl carbamates (subject to hydrolysis) is 1. The van der Waals surface area contributed by atoms with Gasteiger partial charge in [0.2, 0.25) is 17.6 Å². The second-order valence-electron chi connectivity index (χ2n) is 12.5. The Labute approximate surface area is 221 Å². The van der Waals surface area contributed by atoms with Crippen LogP contribution >= 0.6 is 0 Å². The minimum absolute atomic E-state index is 0.0224. The number of amides is 4. The number of alkyl halides is 2. The minimum atomic E-state index is -1.58. The Kier molecular flexibility index (Phi) is 8.72. The van der Waals surface area contributed by atoms with Crippen molar-refractivity contribution in [3.05, 3.63) is 0 Å². The molecule has 3 aliphatic rings. The standard InChI is InChI=1S/C26H40F2N4O6/c1-25(2,3)20(31-24(37)38-14(10-27)11-28)23(36)32-12-15-17(26(15,4)5)18(32)22(35)30-16(19(33)21(29)34)9-13-7-6-8-13/h13-18,20H,6-12H2,1-5H3,(H2,29,34)(H,30,35)(H,31,37)/t15-,16?,17-,18-,20+/m0/s1. The number of nitrogens with one attached hydrogen (secondary N) is 2. The second-order valence-corrected chi connectivity index (χ2v) is 12.5. The van der Waals surface area contributed by atoms with E-state index < -0.39 is 72.6 Å². The fourth-order valence-corrected chi connectivity index (χ4v) is 5.76. The number of carbonyl (C=O) groups is 5. The Morgan fingerprint density at radius 2 is 1.68 bits per heavy atom. The van der Waals surface area contributed by atoms with Crippen LogP contribution in [0.3, 0.4) is 0 Å². The highest BCUT2D eigenvalue weighted by atomic mass is 19.1. The van der Waals surface area contributed by atoms with Crippen molar-refractivity contribution in [2.24, 2.45) is 34.3 Å². The minimum Gasteiger partial charge on any atom is -0.441 e. The summed E-state index contributed by atoms with van der Waals surface area (Å²) in [6.07, 6.45) is 0.376. The van der Waals surface area contributed by atoms with Gasteiger partial charge < -0.3 is 26.0 Å². The average Bonchev–Trinajstić information content (AvgIpc) is 3.14. The number of hydrogen-bond donors (Lipinski definition) is 3. The van der Waals surface area contributed by atoms with Gasteiger partial charge in [-0.1, -0.05) is 53.9 Å². The molecule has 38 heavy (non-hydrogen) atoms. The number of fused-ring (bicyclic) bond motifs is 1. The van der Waals surface area contributed by atoms with Crippen molar-refractivity contribution >= 4 is 29.6 Å². The zero-order valence-corrected chi connectivity index (χ0v) is 22.7. The molecule has 5 atom stereocenters. The van der Waals surface area contributed by atoms with E-state index in [9.17, 15) is 32.8 Å². The van der Waals surface area contributed by atoms with Gasteiger partial charge in [-0.15, -0.1) is 0 Å². The van der Waals surface area contributed by atoms with E-state index in [-0.39, 0.29) is 29.7 Å². The molecule has 0 aromatic rings. The molecule has 2 aliphatic carbocycles. The molecule has 214 valence electrons. The number of ketones is 1. The van der Waals surface area contributed by atoms with Crippen LogP contribution in [0.15, 0.2) is 0 Å². The summed E-state index contributed by atoms with van der Waals surface area (Å²) in [4.78, 5) is 65.3. The van der Waals surface area contributed by atoms with Crippen molar-refractivity contribution in [2.45, 2.75) is 84.5 Å². The number of piperidine rings is 1. The largest absolute Gasteiger partial charge is 0.441 e. The highest BCUT2D eigenvalue weighted by Gasteiger charge is 2.70. The molecule has 0 aromatic heterocycles. The van der Waals surface area contributed by atoms with E-state index in [1.165, 1.54) is 4.90 Å². The molecule has 0 aromatic carbocycles. The maximum absolute atomic E-state index is 13.8. The van der Waals surface area contributed by atoms with E-state index in [2.05, 4.69) is 10.6 Å². The van der Waals surface area contributed by atoms with Crippen LogP contribution in [0.1, 0.15) is 60.3 Å². The number of hydrogen-bond acceptors (Lipinski definition) is 6. The lowest BCUT2D eigenvalue weighted by molar-refractivity contribution is -0.145. The molecule has 12 heteroatoms. The van der Waals surface area contributed by atoms with Crippen molar-refractivity contribution in [3.8, 4) is 0 Å². The van der Waals surface area contributed by atoms with Crippen LogP contribution < -0.4 is 16.4 Å². The van der Waals surface area contributed by atoms with E-state index in [1.54, 1.807) is 20.8 Å². The van der Waals surface area contributed by atoms with Gasteiger partial charge >= 0.3 is 6.09 Å². The van der Waals surface area contributed by atoms with Crippen LogP contribution in [-0.4, -0.2) is 78.6 Å². The monoisotopic (exact) mass is 542 g/mol. The molecule has 0 spiro atoms. The van der Waals surface area contributed by atoms with Gasteiger partial charge in [0.15, 0.2) is 6.10 Å². The quantitative estimate of drug-likeness (QED) is 0.338. The van der Waals surface area contributed by atoms with Crippen LogP contribution in [0.25, 0.3) is 0 Å². The topological polar surface area (TPSA) is 148 Å². The van der Waals surface area contributed by atoms with Gasteiger partial charge in [-0.05, 0) is 35.0 Å². The van der Waals surface area contributed by atoms with Crippen molar-refractivity contribution in [1.82, 2.24) is 15.5 Å². The summed E-state index contributed by atoms with van der Waals surface area (Å²) in [5, 5.41) is 5.13. The fraction of sp³-hybridized carbons (Fsp3) is 0.808. The van der Waals surface area contributed by atoms with Crippen LogP contribution in [-0.2, 0) is 23.9 Å². The summed E-state index contributed by atoms with van der Waals surface area (Å²) in [7, 11) is 0. The summed E-state index contributed by atoms with van der Waals surface area (Å²) < 4.78 is 30.5. The highest BCUT2D eigenvalue weighted by molar-refractivity contribution is 6.37. The van der Waals surface area contributed by atoms with Crippen molar-refractivity contribution < 1.29 is 37.5 Å². The first-order valence-corrected chi connectivity index (χ1v) is 13.2. The Balaban J connectivity index is 1.82. The van der Waals surface area contributed by atoms with Crippen molar-refractivity contribution in [2.75, 3.05) is 19.9 Å². The molecule has 3 rings (SSSR count). The Morgan fingerprint density at radius 3 is 2.16 bits per heavy atom. The second kappa shape index (κ2) is 11.1. The molecule has 2 saturated carbocycles. The fourth-order valence-electron chi connectivity index (χ4n) is 5.76. The predicted octanol–water partition coefficient (Wildman–Crippen LogP) is 1.65. The number of rotatable bonds is 11. The van der Waals surface area contributed by atoms with Crippen molar-refractivity contribution in [3.63, 3.8) is 0 Å². The molecular weight excluding hydrogens is 502 g/mol. The molecule has 0 radical (unpaired) electrons. The van der Waals surface area contributed by atoms with E-state index in [1.807, 2.05) is 13.8 Å². The third-order valence-electron chi connectivity index (χ3n) is 8.42. The van der Waals surface area contributed by atoms with Gasteiger partial charge in [0.05, 0.1) is 6.04 Å². The summed E-state index contributed by atoms with van der Waals surface area (Å²) in [5.74, 6) is -3.07. The van der Waals surface area contributed by atoms with Crippen LogP contribution in [0.5, 0.6) is 0 Å². The zero-order chi connectivity index (χ0) is 28.6. The van der Waals surface area contributed by atoms with E-state index in [0.29, 0.717) is 6.42 Å². The van der Waals surface area contributed by atoms with Gasteiger partial charge in [0.25, 0.3) is 5.91 Å². The third kappa shape index (κ3) is 6.09. The van der Waals surface area contributed by atoms with Gasteiger partial charge in [0, 0.05) is 6.54 Å². The molecule has 4 amide bonds. The first kappa shape index (κ1) is 29.8. The number of nitrogens with zero attached hydrogens (tertiary/aromatic N) is 1. The van der Waals surface area contributed by atoms with Gasteiger partial charge in [-0.2, -0.15) is 0 Å². The smallest absolute Gasteiger partial charge is 0.408 e. The number of primary amides is 1. The normalized spacial score (nSPS) is 25.6. The van der Waals surface area contributed by atoms with Gasteiger partial charge in [-0.25, -0.2) is 13.6 Å². The maximum atomic E-state index is 13.8. The van der Waals surface area contributed by atoms with Crippen LogP contribution in [0.2, 0.25) is 0 Å². The van der Waals surface area contributed by atoms with E-state index in [4.69, 9.17) is 10.5 Å². The highest BCUT2D eigenvalue weighted by Crippen LogP contribution is 2.65. The predicted molar refractivity (Wildman–Crippen MR) is 133 cm³/mol. The summed E-state index contributed by atoms with van der Waals surface area (Å²) in [5.41, 5.74) is 4.18. The number of nitrogens with two attached hydrogens (primary N) is 1. The molecule has 1 unspecified atom stereocenters.